The maximum Gasteiger partial charge on any atom is 0.220 e. The summed E-state index contributed by atoms with van der Waals surface area (Å²) < 4.78 is 0. The molecule has 0 aromatic heterocycles. The predicted octanol–water partition coefficient (Wildman–Crippen LogP) is 3.80. The van der Waals surface area contributed by atoms with E-state index in [0.717, 1.165) is 16.7 Å². The minimum absolute atomic E-state index is 0.0611. The summed E-state index contributed by atoms with van der Waals surface area (Å²) in [7, 11) is 0. The lowest BCUT2D eigenvalue weighted by Gasteiger charge is -2.07. The van der Waals surface area contributed by atoms with E-state index in [9.17, 15) is 4.79 Å². The third-order valence-corrected chi connectivity index (χ3v) is 3.17. The van der Waals surface area contributed by atoms with Gasteiger partial charge < -0.3 is 5.32 Å². The molecule has 0 spiro atoms. The number of hydrogen-bond donors (Lipinski definition) is 1. The first kappa shape index (κ1) is 14.1. The maximum atomic E-state index is 11.8. The van der Waals surface area contributed by atoms with Gasteiger partial charge >= 0.3 is 0 Å². The molecule has 2 aromatic rings. The third kappa shape index (κ3) is 4.39. The van der Waals surface area contributed by atoms with Gasteiger partial charge in [0.2, 0.25) is 5.91 Å². The Morgan fingerprint density at radius 1 is 0.900 bits per heavy atom. The van der Waals surface area contributed by atoms with E-state index in [1.165, 1.54) is 0 Å². The summed E-state index contributed by atoms with van der Waals surface area (Å²) in [5.74, 6) is 0.0611. The van der Waals surface area contributed by atoms with E-state index in [1.54, 1.807) is 0 Å². The van der Waals surface area contributed by atoms with Crippen molar-refractivity contribution in [1.82, 2.24) is 5.32 Å². The molecule has 0 atom stereocenters. The van der Waals surface area contributed by atoms with Crippen molar-refractivity contribution in [3.05, 3.63) is 78.4 Å². The topological polar surface area (TPSA) is 29.1 Å². The zero-order valence-electron chi connectivity index (χ0n) is 11.5. The van der Waals surface area contributed by atoms with Gasteiger partial charge in [0.15, 0.2) is 0 Å². The molecule has 1 amide bonds. The van der Waals surface area contributed by atoms with Crippen LogP contribution in [0.1, 0.15) is 24.0 Å². The molecule has 2 heteroatoms. The van der Waals surface area contributed by atoms with Crippen molar-refractivity contribution in [1.29, 1.82) is 0 Å². The Morgan fingerprint density at radius 2 is 1.50 bits per heavy atom. The minimum atomic E-state index is 0.0611. The fourth-order valence-corrected chi connectivity index (χ4v) is 1.97. The Hall–Kier alpha value is -2.35. The molecule has 0 unspecified atom stereocenters. The van der Waals surface area contributed by atoms with Gasteiger partial charge in [-0.05, 0) is 23.1 Å². The van der Waals surface area contributed by atoms with E-state index in [1.807, 2.05) is 60.7 Å². The van der Waals surface area contributed by atoms with Gasteiger partial charge in [-0.3, -0.25) is 4.79 Å². The lowest BCUT2D eigenvalue weighted by atomic mass is 10.0. The summed E-state index contributed by atoms with van der Waals surface area (Å²) in [5, 5.41) is 2.93. The summed E-state index contributed by atoms with van der Waals surface area (Å²) in [6.07, 6.45) is 1.16. The fourth-order valence-electron chi connectivity index (χ4n) is 1.97. The minimum Gasteiger partial charge on any atom is -0.352 e. The smallest absolute Gasteiger partial charge is 0.220 e. The van der Waals surface area contributed by atoms with Crippen LogP contribution in [0.15, 0.2) is 67.2 Å². The molecule has 0 saturated heterocycles. The maximum absolute atomic E-state index is 11.8. The lowest BCUT2D eigenvalue weighted by molar-refractivity contribution is -0.121. The number of allylic oxidation sites excluding steroid dienone is 1. The Morgan fingerprint density at radius 3 is 2.15 bits per heavy atom. The fraction of sp³-hybridized carbons (Fsp3) is 0.167. The molecular weight excluding hydrogens is 246 g/mol. The molecular formula is C18H19NO. The molecule has 0 aliphatic heterocycles. The highest BCUT2D eigenvalue weighted by molar-refractivity contribution is 5.78. The summed E-state index contributed by atoms with van der Waals surface area (Å²) in [6.45, 7) is 4.62. The van der Waals surface area contributed by atoms with Gasteiger partial charge in [0.25, 0.3) is 0 Å². The van der Waals surface area contributed by atoms with E-state index >= 15 is 0 Å². The summed E-state index contributed by atoms with van der Waals surface area (Å²) in [5.41, 5.74) is 3.21. The summed E-state index contributed by atoms with van der Waals surface area (Å²) in [4.78, 5) is 11.8. The molecule has 0 heterocycles. The molecule has 0 aliphatic rings. The predicted molar refractivity (Wildman–Crippen MR) is 83.0 cm³/mol. The molecule has 2 aromatic carbocycles. The number of hydrogen-bond acceptors (Lipinski definition) is 1. The number of benzene rings is 2. The first-order chi connectivity index (χ1) is 9.75. The Balaban J connectivity index is 1.74. The molecule has 2 nitrogen and oxygen atoms in total. The van der Waals surface area contributed by atoms with Gasteiger partial charge in [0, 0.05) is 13.0 Å². The van der Waals surface area contributed by atoms with Gasteiger partial charge in [0.05, 0.1) is 0 Å². The normalized spacial score (nSPS) is 10.0. The first-order valence-corrected chi connectivity index (χ1v) is 6.79. The summed E-state index contributed by atoms with van der Waals surface area (Å²) >= 11 is 0. The van der Waals surface area contributed by atoms with Crippen LogP contribution in [-0.4, -0.2) is 5.91 Å². The highest BCUT2D eigenvalue weighted by atomic mass is 16.1. The second kappa shape index (κ2) is 7.29. The number of carbonyl (C=O) groups is 1. The monoisotopic (exact) mass is 265 g/mol. The van der Waals surface area contributed by atoms with E-state index in [0.29, 0.717) is 19.4 Å². The zero-order chi connectivity index (χ0) is 14.2. The average Bonchev–Trinajstić information content (AvgIpc) is 2.52. The second-order valence-electron chi connectivity index (χ2n) is 4.73. The molecule has 0 saturated carbocycles. The Labute approximate surface area is 120 Å². The van der Waals surface area contributed by atoms with Gasteiger partial charge in [-0.1, -0.05) is 67.2 Å². The highest BCUT2D eigenvalue weighted by Crippen LogP contribution is 2.16. The van der Waals surface area contributed by atoms with E-state index in [2.05, 4.69) is 11.9 Å². The highest BCUT2D eigenvalue weighted by Gasteiger charge is 2.04. The van der Waals surface area contributed by atoms with Crippen LogP contribution in [0.5, 0.6) is 0 Å². The van der Waals surface area contributed by atoms with Crippen LogP contribution in [0.25, 0.3) is 5.57 Å². The molecule has 20 heavy (non-hydrogen) atoms. The standard InChI is InChI=1S/C18H19NO/c1-15(17-10-6-3-7-11-17)12-13-18(20)19-14-16-8-4-2-5-9-16/h2-11H,1,12-14H2,(H,19,20). The molecule has 2 rings (SSSR count). The van der Waals surface area contributed by atoms with Crippen molar-refractivity contribution in [3.63, 3.8) is 0 Å². The molecule has 0 aliphatic carbocycles. The Bertz CT molecular complexity index is 560. The first-order valence-electron chi connectivity index (χ1n) is 6.79. The molecule has 0 fully saturated rings. The van der Waals surface area contributed by atoms with E-state index in [-0.39, 0.29) is 5.91 Å². The van der Waals surface area contributed by atoms with Gasteiger partial charge in [-0.25, -0.2) is 0 Å². The number of amides is 1. The van der Waals surface area contributed by atoms with Crippen molar-refractivity contribution in [2.75, 3.05) is 0 Å². The average molecular weight is 265 g/mol. The SMILES string of the molecule is C=C(CCC(=O)NCc1ccccc1)c1ccccc1. The van der Waals surface area contributed by atoms with Crippen LogP contribution in [0.4, 0.5) is 0 Å². The van der Waals surface area contributed by atoms with Crippen LogP contribution in [0.3, 0.4) is 0 Å². The lowest BCUT2D eigenvalue weighted by Crippen LogP contribution is -2.22. The van der Waals surface area contributed by atoms with Crippen molar-refractivity contribution >= 4 is 11.5 Å². The van der Waals surface area contributed by atoms with E-state index in [4.69, 9.17) is 0 Å². The van der Waals surface area contributed by atoms with Crippen molar-refractivity contribution in [2.45, 2.75) is 19.4 Å². The van der Waals surface area contributed by atoms with Crippen LogP contribution >= 0.6 is 0 Å². The number of carbonyl (C=O) groups excluding carboxylic acids is 1. The molecule has 1 N–H and O–H groups in total. The van der Waals surface area contributed by atoms with E-state index < -0.39 is 0 Å². The second-order valence-corrected chi connectivity index (χ2v) is 4.73. The quantitative estimate of drug-likeness (QED) is 0.845. The van der Waals surface area contributed by atoms with Gasteiger partial charge in [0.1, 0.15) is 0 Å². The van der Waals surface area contributed by atoms with Gasteiger partial charge in [-0.15, -0.1) is 0 Å². The largest absolute Gasteiger partial charge is 0.352 e. The van der Waals surface area contributed by atoms with Crippen molar-refractivity contribution < 1.29 is 4.79 Å². The molecule has 0 radical (unpaired) electrons. The van der Waals surface area contributed by atoms with Crippen molar-refractivity contribution in [3.8, 4) is 0 Å². The van der Waals surface area contributed by atoms with Crippen LogP contribution in [0, 0.1) is 0 Å². The number of nitrogens with one attached hydrogen (secondary N) is 1. The molecule has 0 bridgehead atoms. The van der Waals surface area contributed by atoms with Crippen LogP contribution in [-0.2, 0) is 11.3 Å². The van der Waals surface area contributed by atoms with Crippen LogP contribution < -0.4 is 5.32 Å². The van der Waals surface area contributed by atoms with Gasteiger partial charge in [-0.2, -0.15) is 0 Å². The van der Waals surface area contributed by atoms with Crippen LogP contribution in [0.2, 0.25) is 0 Å². The zero-order valence-corrected chi connectivity index (χ0v) is 11.5. The third-order valence-electron chi connectivity index (χ3n) is 3.17. The molecule has 102 valence electrons. The Kier molecular flexibility index (Phi) is 5.13. The van der Waals surface area contributed by atoms with Crippen molar-refractivity contribution in [2.24, 2.45) is 0 Å². The summed E-state index contributed by atoms with van der Waals surface area (Å²) in [6, 6.07) is 19.9. The number of rotatable bonds is 6.